The van der Waals surface area contributed by atoms with E-state index in [0.29, 0.717) is 31.7 Å². The molecule has 6 heteroatoms. The fraction of sp³-hybridized carbons (Fsp3) is 0.667. The standard InChI is InChI=1S/C18H28N2O4/c1-12(2)17(22)20-9-7-14(8-10-20)16(21)19-11-18(4,23)15-6-5-13(3)24-15/h5-6,12,14,23H,7-11H2,1-4H3,(H,19,21). The van der Waals surface area contributed by atoms with E-state index < -0.39 is 5.60 Å². The largest absolute Gasteiger partial charge is 0.463 e. The minimum atomic E-state index is -1.24. The molecule has 134 valence electrons. The highest BCUT2D eigenvalue weighted by molar-refractivity contribution is 5.80. The molecule has 1 fully saturated rings. The van der Waals surface area contributed by atoms with Gasteiger partial charge in [-0.3, -0.25) is 9.59 Å². The number of nitrogens with zero attached hydrogens (tertiary/aromatic N) is 1. The summed E-state index contributed by atoms with van der Waals surface area (Å²) in [6, 6.07) is 3.50. The van der Waals surface area contributed by atoms with Gasteiger partial charge in [0, 0.05) is 24.9 Å². The van der Waals surface area contributed by atoms with Gasteiger partial charge >= 0.3 is 0 Å². The Bertz CT molecular complexity index is 584. The third-order valence-electron chi connectivity index (χ3n) is 4.55. The van der Waals surface area contributed by atoms with Crippen molar-refractivity contribution in [2.75, 3.05) is 19.6 Å². The van der Waals surface area contributed by atoms with Gasteiger partial charge in [-0.25, -0.2) is 0 Å². The van der Waals surface area contributed by atoms with E-state index in [-0.39, 0.29) is 30.2 Å². The SMILES string of the molecule is Cc1ccc(C(C)(O)CNC(=O)C2CCN(C(=O)C(C)C)CC2)o1. The number of carbonyl (C=O) groups excluding carboxylic acids is 2. The fourth-order valence-corrected chi connectivity index (χ4v) is 2.94. The number of carbonyl (C=O) groups is 2. The van der Waals surface area contributed by atoms with Crippen molar-refractivity contribution in [3.8, 4) is 0 Å². The summed E-state index contributed by atoms with van der Waals surface area (Å²) in [6.45, 7) is 8.54. The number of likely N-dealkylation sites (tertiary alicyclic amines) is 1. The van der Waals surface area contributed by atoms with Crippen LogP contribution in [-0.4, -0.2) is 41.5 Å². The van der Waals surface area contributed by atoms with Crippen molar-refractivity contribution in [2.24, 2.45) is 11.8 Å². The molecule has 2 amide bonds. The van der Waals surface area contributed by atoms with Gasteiger partial charge in [-0.05, 0) is 38.8 Å². The Kier molecular flexibility index (Phi) is 5.70. The average molecular weight is 336 g/mol. The minimum absolute atomic E-state index is 0.0118. The summed E-state index contributed by atoms with van der Waals surface area (Å²) in [5.74, 6) is 1.11. The molecule has 6 nitrogen and oxygen atoms in total. The van der Waals surface area contributed by atoms with Crippen LogP contribution < -0.4 is 5.32 Å². The van der Waals surface area contributed by atoms with Gasteiger partial charge in [-0.15, -0.1) is 0 Å². The number of aliphatic hydroxyl groups is 1. The summed E-state index contributed by atoms with van der Waals surface area (Å²) >= 11 is 0. The Morgan fingerprint density at radius 3 is 2.50 bits per heavy atom. The first-order valence-electron chi connectivity index (χ1n) is 8.56. The van der Waals surface area contributed by atoms with Crippen molar-refractivity contribution < 1.29 is 19.1 Å². The summed E-state index contributed by atoms with van der Waals surface area (Å²) in [4.78, 5) is 26.1. The van der Waals surface area contributed by atoms with Crippen LogP contribution in [0.3, 0.4) is 0 Å². The summed E-state index contributed by atoms with van der Waals surface area (Å²) in [5, 5.41) is 13.3. The van der Waals surface area contributed by atoms with E-state index in [2.05, 4.69) is 5.32 Å². The number of nitrogens with one attached hydrogen (secondary N) is 1. The molecule has 1 aliphatic rings. The first-order chi connectivity index (χ1) is 11.2. The molecule has 1 aromatic rings. The van der Waals surface area contributed by atoms with Crippen LogP contribution in [0.25, 0.3) is 0 Å². The van der Waals surface area contributed by atoms with Gasteiger partial charge in [0.05, 0.1) is 6.54 Å². The van der Waals surface area contributed by atoms with Crippen molar-refractivity contribution in [3.63, 3.8) is 0 Å². The van der Waals surface area contributed by atoms with Gasteiger partial charge in [-0.2, -0.15) is 0 Å². The minimum Gasteiger partial charge on any atom is -0.463 e. The Morgan fingerprint density at radius 2 is 2.00 bits per heavy atom. The normalized spacial score (nSPS) is 18.5. The van der Waals surface area contributed by atoms with Crippen LogP contribution in [0.15, 0.2) is 16.5 Å². The molecule has 1 atom stereocenters. The van der Waals surface area contributed by atoms with Gasteiger partial charge in [0.15, 0.2) is 0 Å². The number of aryl methyl sites for hydroxylation is 1. The summed E-state index contributed by atoms with van der Waals surface area (Å²) < 4.78 is 5.44. The third kappa shape index (κ3) is 4.38. The highest BCUT2D eigenvalue weighted by atomic mass is 16.4. The number of piperidine rings is 1. The van der Waals surface area contributed by atoms with E-state index in [4.69, 9.17) is 4.42 Å². The molecule has 0 aromatic carbocycles. The van der Waals surface area contributed by atoms with Crippen LogP contribution in [-0.2, 0) is 15.2 Å². The smallest absolute Gasteiger partial charge is 0.225 e. The summed E-state index contributed by atoms with van der Waals surface area (Å²) in [6.07, 6.45) is 1.32. The van der Waals surface area contributed by atoms with Crippen molar-refractivity contribution >= 4 is 11.8 Å². The second kappa shape index (κ2) is 7.38. The number of furan rings is 1. The van der Waals surface area contributed by atoms with Gasteiger partial charge in [0.2, 0.25) is 11.8 Å². The summed E-state index contributed by atoms with van der Waals surface area (Å²) in [7, 11) is 0. The lowest BCUT2D eigenvalue weighted by molar-refractivity contribution is -0.138. The maximum Gasteiger partial charge on any atom is 0.225 e. The highest BCUT2D eigenvalue weighted by Crippen LogP contribution is 2.23. The van der Waals surface area contributed by atoms with Crippen molar-refractivity contribution in [3.05, 3.63) is 23.7 Å². The summed E-state index contributed by atoms with van der Waals surface area (Å²) in [5.41, 5.74) is -1.24. The molecule has 0 spiro atoms. The average Bonchev–Trinajstić information content (AvgIpc) is 2.99. The van der Waals surface area contributed by atoms with Crippen LogP contribution >= 0.6 is 0 Å². The molecular weight excluding hydrogens is 308 g/mol. The van der Waals surface area contributed by atoms with E-state index in [1.165, 1.54) is 0 Å². The van der Waals surface area contributed by atoms with E-state index in [9.17, 15) is 14.7 Å². The molecule has 2 heterocycles. The molecule has 0 aliphatic carbocycles. The third-order valence-corrected chi connectivity index (χ3v) is 4.55. The molecular formula is C18H28N2O4. The van der Waals surface area contributed by atoms with E-state index in [1.807, 2.05) is 25.7 Å². The molecule has 0 radical (unpaired) electrons. The van der Waals surface area contributed by atoms with E-state index in [1.54, 1.807) is 19.1 Å². The van der Waals surface area contributed by atoms with Gasteiger partial charge in [0.25, 0.3) is 0 Å². The first kappa shape index (κ1) is 18.5. The molecule has 1 unspecified atom stereocenters. The highest BCUT2D eigenvalue weighted by Gasteiger charge is 2.31. The Hall–Kier alpha value is -1.82. The number of hydrogen-bond acceptors (Lipinski definition) is 4. The van der Waals surface area contributed by atoms with E-state index in [0.717, 1.165) is 5.76 Å². The van der Waals surface area contributed by atoms with Gasteiger partial charge in [0.1, 0.15) is 17.1 Å². The lowest BCUT2D eigenvalue weighted by Crippen LogP contribution is -2.46. The van der Waals surface area contributed by atoms with Crippen LogP contribution in [0, 0.1) is 18.8 Å². The van der Waals surface area contributed by atoms with Crippen LogP contribution in [0.4, 0.5) is 0 Å². The fourth-order valence-electron chi connectivity index (χ4n) is 2.94. The quantitative estimate of drug-likeness (QED) is 0.859. The Balaban J connectivity index is 1.82. The molecule has 1 saturated heterocycles. The predicted molar refractivity (Wildman–Crippen MR) is 90.2 cm³/mol. The number of rotatable bonds is 5. The molecule has 1 aliphatic heterocycles. The molecule has 24 heavy (non-hydrogen) atoms. The van der Waals surface area contributed by atoms with Crippen LogP contribution in [0.2, 0.25) is 0 Å². The molecule has 0 saturated carbocycles. The zero-order valence-corrected chi connectivity index (χ0v) is 15.0. The number of amides is 2. The maximum atomic E-state index is 12.3. The lowest BCUT2D eigenvalue weighted by atomic mass is 9.94. The zero-order chi connectivity index (χ0) is 17.9. The monoisotopic (exact) mass is 336 g/mol. The molecule has 1 aromatic heterocycles. The molecule has 0 bridgehead atoms. The topological polar surface area (TPSA) is 82.8 Å². The Labute approximate surface area is 143 Å². The van der Waals surface area contributed by atoms with Crippen molar-refractivity contribution in [2.45, 2.75) is 46.1 Å². The van der Waals surface area contributed by atoms with Crippen LogP contribution in [0.5, 0.6) is 0 Å². The van der Waals surface area contributed by atoms with Gasteiger partial charge < -0.3 is 19.7 Å². The van der Waals surface area contributed by atoms with Gasteiger partial charge in [-0.1, -0.05) is 13.8 Å². The molecule has 2 N–H and O–H groups in total. The molecule has 2 rings (SSSR count). The lowest BCUT2D eigenvalue weighted by Gasteiger charge is -2.33. The first-order valence-corrected chi connectivity index (χ1v) is 8.56. The van der Waals surface area contributed by atoms with Crippen LogP contribution in [0.1, 0.15) is 45.1 Å². The predicted octanol–water partition coefficient (Wildman–Crippen LogP) is 1.81. The van der Waals surface area contributed by atoms with E-state index >= 15 is 0 Å². The number of hydrogen-bond donors (Lipinski definition) is 2. The van der Waals surface area contributed by atoms with Crippen molar-refractivity contribution in [1.82, 2.24) is 10.2 Å². The van der Waals surface area contributed by atoms with Crippen molar-refractivity contribution in [1.29, 1.82) is 0 Å². The second-order valence-corrected chi connectivity index (χ2v) is 7.16. The second-order valence-electron chi connectivity index (χ2n) is 7.16. The zero-order valence-electron chi connectivity index (χ0n) is 15.0. The Morgan fingerprint density at radius 1 is 1.38 bits per heavy atom. The maximum absolute atomic E-state index is 12.3.